The fraction of sp³-hybridized carbons (Fsp3) is 0.571. The fourth-order valence-electron chi connectivity index (χ4n) is 4.25. The molecule has 1 aromatic heterocycles. The lowest BCUT2D eigenvalue weighted by Crippen LogP contribution is -2.33. The molecule has 3 nitrogen and oxygen atoms in total. The van der Waals surface area contributed by atoms with Crippen LogP contribution in [-0.2, 0) is 10.8 Å². The van der Waals surface area contributed by atoms with E-state index in [1.54, 1.807) is 11.3 Å². The summed E-state index contributed by atoms with van der Waals surface area (Å²) in [6, 6.07) is 7.29. The summed E-state index contributed by atoms with van der Waals surface area (Å²) < 4.78 is 0. The van der Waals surface area contributed by atoms with Crippen LogP contribution < -0.4 is 10.6 Å². The molecule has 0 spiro atoms. The van der Waals surface area contributed by atoms with Crippen LogP contribution in [0.15, 0.2) is 23.6 Å². The summed E-state index contributed by atoms with van der Waals surface area (Å²) in [7, 11) is 0. The van der Waals surface area contributed by atoms with E-state index in [2.05, 4.69) is 56.2 Å². The van der Waals surface area contributed by atoms with Gasteiger partial charge in [0.05, 0.1) is 5.69 Å². The summed E-state index contributed by atoms with van der Waals surface area (Å²) in [5, 5.41) is 3.31. The molecule has 4 rings (SSSR count). The minimum absolute atomic E-state index is 0.238. The minimum atomic E-state index is 0.238. The second kappa shape index (κ2) is 5.82. The van der Waals surface area contributed by atoms with Crippen LogP contribution in [0.1, 0.15) is 58.1 Å². The smallest absolute Gasteiger partial charge is 0.185 e. The zero-order chi connectivity index (χ0) is 17.8. The molecule has 4 heteroatoms. The van der Waals surface area contributed by atoms with E-state index in [0.717, 1.165) is 30.3 Å². The van der Waals surface area contributed by atoms with Crippen LogP contribution >= 0.6 is 11.3 Å². The number of rotatable bonds is 2. The summed E-state index contributed by atoms with van der Waals surface area (Å²) in [4.78, 5) is 7.24. The van der Waals surface area contributed by atoms with Gasteiger partial charge in [-0.3, -0.25) is 0 Å². The van der Waals surface area contributed by atoms with Gasteiger partial charge >= 0.3 is 0 Å². The lowest BCUT2D eigenvalue weighted by molar-refractivity contribution is 0.332. The number of hydrogen-bond donors (Lipinski definition) is 1. The van der Waals surface area contributed by atoms with Crippen molar-refractivity contribution in [2.24, 2.45) is 5.73 Å². The number of hydrogen-bond acceptors (Lipinski definition) is 4. The Balaban J connectivity index is 1.70. The standard InChI is InChI=1S/C21H29N3S/c1-20(2)8-9-21(3,4)17-11-14(5-6-16(17)20)18-13-25-19(23-18)24-10-7-15(22)12-24/h5-6,11,13,15H,7-10,12,22H2,1-4H3/t15-/m1/s1. The van der Waals surface area contributed by atoms with Crippen molar-refractivity contribution in [2.75, 3.05) is 18.0 Å². The van der Waals surface area contributed by atoms with Crippen LogP contribution in [0.2, 0.25) is 0 Å². The van der Waals surface area contributed by atoms with Gasteiger partial charge < -0.3 is 10.6 Å². The molecule has 1 aromatic carbocycles. The highest BCUT2D eigenvalue weighted by Gasteiger charge is 2.37. The highest BCUT2D eigenvalue weighted by Crippen LogP contribution is 2.46. The van der Waals surface area contributed by atoms with Crippen LogP contribution in [0.3, 0.4) is 0 Å². The SMILES string of the molecule is CC1(C)CCC(C)(C)c2cc(-c3csc(N4CC[C@@H](N)C4)n3)ccc21. The zero-order valence-electron chi connectivity index (χ0n) is 15.8. The van der Waals surface area contributed by atoms with E-state index in [4.69, 9.17) is 10.7 Å². The van der Waals surface area contributed by atoms with Gasteiger partial charge in [-0.05, 0) is 47.3 Å². The first-order valence-corrected chi connectivity index (χ1v) is 10.3. The monoisotopic (exact) mass is 355 g/mol. The van der Waals surface area contributed by atoms with Crippen LogP contribution in [0.5, 0.6) is 0 Å². The van der Waals surface area contributed by atoms with E-state index in [9.17, 15) is 0 Å². The third-order valence-electron chi connectivity index (χ3n) is 6.14. The molecule has 2 aromatic rings. The molecule has 0 radical (unpaired) electrons. The number of aromatic nitrogens is 1. The maximum absolute atomic E-state index is 6.05. The van der Waals surface area contributed by atoms with Crippen molar-refractivity contribution in [3.8, 4) is 11.3 Å². The number of nitrogens with two attached hydrogens (primary N) is 1. The number of fused-ring (bicyclic) bond motifs is 1. The lowest BCUT2D eigenvalue weighted by Gasteiger charge is -2.42. The number of benzene rings is 1. The first kappa shape index (κ1) is 17.0. The lowest BCUT2D eigenvalue weighted by atomic mass is 9.63. The first-order chi connectivity index (χ1) is 11.8. The fourth-order valence-corrected chi connectivity index (χ4v) is 5.12. The van der Waals surface area contributed by atoms with Crippen molar-refractivity contribution in [1.82, 2.24) is 4.98 Å². The molecule has 2 heterocycles. The minimum Gasteiger partial charge on any atom is -0.346 e. The Labute approximate surface area is 155 Å². The quantitative estimate of drug-likeness (QED) is 0.849. The first-order valence-electron chi connectivity index (χ1n) is 9.38. The Kier molecular flexibility index (Phi) is 3.97. The summed E-state index contributed by atoms with van der Waals surface area (Å²) in [5.74, 6) is 0. The Morgan fingerprint density at radius 3 is 2.52 bits per heavy atom. The van der Waals surface area contributed by atoms with Crippen molar-refractivity contribution in [3.05, 3.63) is 34.7 Å². The molecule has 1 atom stereocenters. The molecule has 0 bridgehead atoms. The molecule has 2 N–H and O–H groups in total. The van der Waals surface area contributed by atoms with Crippen LogP contribution in [0.4, 0.5) is 5.13 Å². The largest absolute Gasteiger partial charge is 0.346 e. The average molecular weight is 356 g/mol. The van der Waals surface area contributed by atoms with Crippen molar-refractivity contribution in [1.29, 1.82) is 0 Å². The summed E-state index contributed by atoms with van der Waals surface area (Å²) in [6.07, 6.45) is 3.56. The van der Waals surface area contributed by atoms with Crippen LogP contribution in [0, 0.1) is 0 Å². The molecular weight excluding hydrogens is 326 g/mol. The molecule has 1 saturated heterocycles. The van der Waals surface area contributed by atoms with E-state index < -0.39 is 0 Å². The molecule has 0 saturated carbocycles. The van der Waals surface area contributed by atoms with Gasteiger partial charge in [-0.1, -0.05) is 39.8 Å². The van der Waals surface area contributed by atoms with Gasteiger partial charge in [0.15, 0.2) is 5.13 Å². The maximum Gasteiger partial charge on any atom is 0.185 e. The van der Waals surface area contributed by atoms with Gasteiger partial charge in [-0.15, -0.1) is 11.3 Å². The third kappa shape index (κ3) is 3.00. The van der Waals surface area contributed by atoms with Gasteiger partial charge in [0, 0.05) is 30.1 Å². The molecular formula is C21H29N3S. The van der Waals surface area contributed by atoms with E-state index in [0.29, 0.717) is 6.04 Å². The normalized spacial score (nSPS) is 24.4. The van der Waals surface area contributed by atoms with Crippen molar-refractivity contribution < 1.29 is 0 Å². The molecule has 25 heavy (non-hydrogen) atoms. The van der Waals surface area contributed by atoms with E-state index in [1.165, 1.54) is 29.5 Å². The number of thiazole rings is 1. The number of anilines is 1. The Morgan fingerprint density at radius 2 is 1.84 bits per heavy atom. The van der Waals surface area contributed by atoms with Gasteiger partial charge in [0.1, 0.15) is 0 Å². The second-order valence-corrected chi connectivity index (χ2v) is 9.87. The Morgan fingerprint density at radius 1 is 1.12 bits per heavy atom. The summed E-state index contributed by atoms with van der Waals surface area (Å²) >= 11 is 1.74. The maximum atomic E-state index is 6.05. The van der Waals surface area contributed by atoms with Crippen molar-refractivity contribution in [3.63, 3.8) is 0 Å². The molecule has 1 aliphatic carbocycles. The van der Waals surface area contributed by atoms with Gasteiger partial charge in [0.2, 0.25) is 0 Å². The summed E-state index contributed by atoms with van der Waals surface area (Å²) in [6.45, 7) is 11.5. The molecule has 2 aliphatic rings. The van der Waals surface area contributed by atoms with Crippen molar-refractivity contribution >= 4 is 16.5 Å². The van der Waals surface area contributed by atoms with E-state index in [-0.39, 0.29) is 10.8 Å². The van der Waals surface area contributed by atoms with Crippen LogP contribution in [-0.4, -0.2) is 24.1 Å². The highest BCUT2D eigenvalue weighted by atomic mass is 32.1. The predicted octanol–water partition coefficient (Wildman–Crippen LogP) is 4.70. The molecule has 1 fully saturated rings. The Hall–Kier alpha value is -1.39. The molecule has 134 valence electrons. The van der Waals surface area contributed by atoms with Crippen LogP contribution in [0.25, 0.3) is 11.3 Å². The number of nitrogens with zero attached hydrogens (tertiary/aromatic N) is 2. The van der Waals surface area contributed by atoms with Gasteiger partial charge in [-0.2, -0.15) is 0 Å². The molecule has 0 amide bonds. The Bertz CT molecular complexity index is 790. The van der Waals surface area contributed by atoms with Gasteiger partial charge in [-0.25, -0.2) is 4.98 Å². The molecule has 1 aliphatic heterocycles. The summed E-state index contributed by atoms with van der Waals surface area (Å²) in [5.41, 5.74) is 11.9. The van der Waals surface area contributed by atoms with Crippen molar-refractivity contribution in [2.45, 2.75) is 63.8 Å². The van der Waals surface area contributed by atoms with E-state index in [1.807, 2.05) is 0 Å². The topological polar surface area (TPSA) is 42.1 Å². The molecule has 0 unspecified atom stereocenters. The second-order valence-electron chi connectivity index (χ2n) is 9.04. The third-order valence-corrected chi connectivity index (χ3v) is 7.04. The van der Waals surface area contributed by atoms with E-state index >= 15 is 0 Å². The van der Waals surface area contributed by atoms with Gasteiger partial charge in [0.25, 0.3) is 0 Å². The predicted molar refractivity (Wildman–Crippen MR) is 108 cm³/mol. The highest BCUT2D eigenvalue weighted by molar-refractivity contribution is 7.14. The average Bonchev–Trinajstić information content (AvgIpc) is 3.20. The zero-order valence-corrected chi connectivity index (χ0v) is 16.6.